The van der Waals surface area contributed by atoms with E-state index >= 15 is 0 Å². The number of thiazole rings is 1. The summed E-state index contributed by atoms with van der Waals surface area (Å²) in [7, 11) is 1.55. The van der Waals surface area contributed by atoms with Gasteiger partial charge < -0.3 is 10.5 Å². The summed E-state index contributed by atoms with van der Waals surface area (Å²) in [6, 6.07) is 6.89. The van der Waals surface area contributed by atoms with E-state index in [9.17, 15) is 9.59 Å². The van der Waals surface area contributed by atoms with Crippen molar-refractivity contribution in [1.82, 2.24) is 4.98 Å². The molecule has 0 atom stereocenters. The van der Waals surface area contributed by atoms with Crippen LogP contribution in [0.3, 0.4) is 0 Å². The van der Waals surface area contributed by atoms with E-state index in [1.54, 1.807) is 31.4 Å². The van der Waals surface area contributed by atoms with Crippen molar-refractivity contribution in [2.75, 3.05) is 18.2 Å². The first kappa shape index (κ1) is 16.3. The van der Waals surface area contributed by atoms with Gasteiger partial charge in [-0.15, -0.1) is 23.1 Å². The molecule has 22 heavy (non-hydrogen) atoms. The summed E-state index contributed by atoms with van der Waals surface area (Å²) in [6.45, 7) is 0. The molecule has 6 nitrogen and oxygen atoms in total. The maximum Gasteiger partial charge on any atom is 0.257 e. The number of rotatable bonds is 7. The number of hydrogen-bond acceptors (Lipinski definition) is 6. The molecule has 0 aliphatic carbocycles. The minimum absolute atomic E-state index is 0.246. The summed E-state index contributed by atoms with van der Waals surface area (Å²) < 4.78 is 5.09. The summed E-state index contributed by atoms with van der Waals surface area (Å²) in [5.74, 6) is 0.851. The second-order valence-electron chi connectivity index (χ2n) is 4.29. The van der Waals surface area contributed by atoms with E-state index in [2.05, 4.69) is 10.3 Å². The number of nitrogens with zero attached hydrogens (tertiary/aromatic N) is 1. The number of amides is 2. The number of carbonyl (C=O) groups excluding carboxylic acids is 2. The van der Waals surface area contributed by atoms with Gasteiger partial charge in [0.25, 0.3) is 5.91 Å². The normalized spacial score (nSPS) is 10.2. The summed E-state index contributed by atoms with van der Waals surface area (Å²) in [6.07, 6.45) is 0. The molecule has 1 aromatic heterocycles. The lowest BCUT2D eigenvalue weighted by atomic mass is 10.2. The molecular formula is C14H15N3O3S2. The average Bonchev–Trinajstić information content (AvgIpc) is 2.94. The van der Waals surface area contributed by atoms with Crippen molar-refractivity contribution >= 4 is 40.0 Å². The van der Waals surface area contributed by atoms with Crippen molar-refractivity contribution in [3.8, 4) is 5.75 Å². The Labute approximate surface area is 136 Å². The molecule has 116 valence electrons. The zero-order valence-corrected chi connectivity index (χ0v) is 13.5. The Hall–Kier alpha value is -2.06. The maximum absolute atomic E-state index is 12.1. The van der Waals surface area contributed by atoms with Crippen LogP contribution >= 0.6 is 23.1 Å². The van der Waals surface area contributed by atoms with Crippen LogP contribution in [0.15, 0.2) is 29.6 Å². The number of anilines is 1. The van der Waals surface area contributed by atoms with Gasteiger partial charge in [-0.05, 0) is 18.2 Å². The van der Waals surface area contributed by atoms with Gasteiger partial charge in [0.2, 0.25) is 5.91 Å². The van der Waals surface area contributed by atoms with E-state index in [4.69, 9.17) is 10.5 Å². The van der Waals surface area contributed by atoms with Crippen molar-refractivity contribution in [2.24, 2.45) is 5.73 Å². The number of aromatic nitrogens is 1. The number of thioether (sulfide) groups is 1. The molecule has 2 aromatic rings. The van der Waals surface area contributed by atoms with Gasteiger partial charge in [0, 0.05) is 16.7 Å². The number of methoxy groups -OCH3 is 1. The second-order valence-corrected chi connectivity index (χ2v) is 6.13. The van der Waals surface area contributed by atoms with E-state index in [0.29, 0.717) is 22.2 Å². The van der Waals surface area contributed by atoms with Gasteiger partial charge >= 0.3 is 0 Å². The maximum atomic E-state index is 12.1. The molecule has 1 aromatic carbocycles. The first-order valence-corrected chi connectivity index (χ1v) is 8.38. The largest absolute Gasteiger partial charge is 0.497 e. The zero-order valence-electron chi connectivity index (χ0n) is 11.9. The van der Waals surface area contributed by atoms with Gasteiger partial charge in [-0.1, -0.05) is 6.07 Å². The Morgan fingerprint density at radius 1 is 1.45 bits per heavy atom. The molecular weight excluding hydrogens is 322 g/mol. The molecule has 0 bridgehead atoms. The van der Waals surface area contributed by atoms with Crippen LogP contribution in [-0.2, 0) is 10.5 Å². The number of nitrogens with two attached hydrogens (primary N) is 1. The van der Waals surface area contributed by atoms with Crippen molar-refractivity contribution in [2.45, 2.75) is 5.75 Å². The third kappa shape index (κ3) is 4.74. The van der Waals surface area contributed by atoms with Crippen molar-refractivity contribution < 1.29 is 14.3 Å². The minimum atomic E-state index is -0.355. The van der Waals surface area contributed by atoms with Gasteiger partial charge in [-0.2, -0.15) is 0 Å². The van der Waals surface area contributed by atoms with Crippen LogP contribution in [0.5, 0.6) is 5.75 Å². The molecule has 8 heteroatoms. The molecule has 0 aliphatic heterocycles. The molecule has 0 radical (unpaired) electrons. The SMILES string of the molecule is COc1cccc(C(=O)Nc2nc(CSCC(N)=O)cs2)c1. The van der Waals surface area contributed by atoms with E-state index in [-0.39, 0.29) is 17.6 Å². The van der Waals surface area contributed by atoms with E-state index in [1.165, 1.54) is 23.1 Å². The van der Waals surface area contributed by atoms with Crippen LogP contribution < -0.4 is 15.8 Å². The lowest BCUT2D eigenvalue weighted by Gasteiger charge is -2.04. The monoisotopic (exact) mass is 337 g/mol. The number of primary amides is 1. The Morgan fingerprint density at radius 3 is 3.00 bits per heavy atom. The average molecular weight is 337 g/mol. The molecule has 0 unspecified atom stereocenters. The third-order valence-corrected chi connectivity index (χ3v) is 4.39. The third-order valence-electron chi connectivity index (χ3n) is 2.60. The van der Waals surface area contributed by atoms with Crippen LogP contribution in [0.2, 0.25) is 0 Å². The quantitative estimate of drug-likeness (QED) is 0.807. The Kier molecular flexibility index (Phi) is 5.79. The number of nitrogens with one attached hydrogen (secondary N) is 1. The molecule has 0 fully saturated rings. The molecule has 3 N–H and O–H groups in total. The number of carbonyl (C=O) groups is 2. The highest BCUT2D eigenvalue weighted by Gasteiger charge is 2.10. The molecule has 2 amide bonds. The van der Waals surface area contributed by atoms with E-state index < -0.39 is 0 Å². The topological polar surface area (TPSA) is 94.3 Å². The van der Waals surface area contributed by atoms with Gasteiger partial charge in [-0.3, -0.25) is 14.9 Å². The summed E-state index contributed by atoms with van der Waals surface area (Å²) in [4.78, 5) is 27.1. The molecule has 1 heterocycles. The van der Waals surface area contributed by atoms with Crippen molar-refractivity contribution in [3.05, 3.63) is 40.9 Å². The van der Waals surface area contributed by atoms with Crippen molar-refractivity contribution in [3.63, 3.8) is 0 Å². The van der Waals surface area contributed by atoms with Gasteiger partial charge in [0.15, 0.2) is 5.13 Å². The zero-order chi connectivity index (χ0) is 15.9. The number of ether oxygens (including phenoxy) is 1. The van der Waals surface area contributed by atoms with Crippen LogP contribution in [0, 0.1) is 0 Å². The highest BCUT2D eigenvalue weighted by Crippen LogP contribution is 2.21. The number of benzene rings is 1. The predicted octanol–water partition coefficient (Wildman–Crippen LogP) is 2.12. The lowest BCUT2D eigenvalue weighted by Crippen LogP contribution is -2.13. The van der Waals surface area contributed by atoms with Gasteiger partial charge in [-0.25, -0.2) is 4.98 Å². The highest BCUT2D eigenvalue weighted by molar-refractivity contribution is 7.99. The molecule has 0 saturated carbocycles. The fraction of sp³-hybridized carbons (Fsp3) is 0.214. The Morgan fingerprint density at radius 2 is 2.27 bits per heavy atom. The second kappa shape index (κ2) is 7.81. The van der Waals surface area contributed by atoms with Crippen LogP contribution in [-0.4, -0.2) is 29.7 Å². The highest BCUT2D eigenvalue weighted by atomic mass is 32.2. The lowest BCUT2D eigenvalue weighted by molar-refractivity contribution is -0.115. The summed E-state index contributed by atoms with van der Waals surface area (Å²) >= 11 is 2.73. The van der Waals surface area contributed by atoms with E-state index in [0.717, 1.165) is 5.69 Å². The predicted molar refractivity (Wildman–Crippen MR) is 88.4 cm³/mol. The van der Waals surface area contributed by atoms with E-state index in [1.807, 2.05) is 5.38 Å². The van der Waals surface area contributed by atoms with Crippen LogP contribution in [0.1, 0.15) is 16.1 Å². The molecule has 0 spiro atoms. The Bertz CT molecular complexity index is 673. The van der Waals surface area contributed by atoms with Crippen LogP contribution in [0.4, 0.5) is 5.13 Å². The first-order chi connectivity index (χ1) is 10.6. The fourth-order valence-electron chi connectivity index (χ4n) is 1.62. The molecule has 0 saturated heterocycles. The molecule has 2 rings (SSSR count). The smallest absolute Gasteiger partial charge is 0.257 e. The molecule has 0 aliphatic rings. The minimum Gasteiger partial charge on any atom is -0.497 e. The fourth-order valence-corrected chi connectivity index (χ4v) is 3.09. The first-order valence-electron chi connectivity index (χ1n) is 6.34. The standard InChI is InChI=1S/C14H15N3O3S2/c1-20-11-4-2-3-9(5-11)13(19)17-14-16-10(7-22-14)6-21-8-12(15)18/h2-5,7H,6,8H2,1H3,(H2,15,18)(H,16,17,19). The summed E-state index contributed by atoms with van der Waals surface area (Å²) in [5.41, 5.74) is 6.37. The number of hydrogen-bond donors (Lipinski definition) is 2. The Balaban J connectivity index is 1.94. The van der Waals surface area contributed by atoms with Gasteiger partial charge in [0.1, 0.15) is 5.75 Å². The van der Waals surface area contributed by atoms with Gasteiger partial charge in [0.05, 0.1) is 18.6 Å². The summed E-state index contributed by atoms with van der Waals surface area (Å²) in [5, 5.41) is 5.10. The van der Waals surface area contributed by atoms with Crippen LogP contribution in [0.25, 0.3) is 0 Å². The van der Waals surface area contributed by atoms with Crippen molar-refractivity contribution in [1.29, 1.82) is 0 Å².